The van der Waals surface area contributed by atoms with Crippen LogP contribution in [-0.2, 0) is 12.8 Å². The molecule has 3 rings (SSSR count). The fraction of sp³-hybridized carbons (Fsp3) is 0.179. The zero-order valence-electron chi connectivity index (χ0n) is 17.8. The number of ether oxygens (including phenoxy) is 1. The number of carbonyl (C=O) groups is 1. The summed E-state index contributed by atoms with van der Waals surface area (Å²) in [5.41, 5.74) is 4.40. The third-order valence-electron chi connectivity index (χ3n) is 5.08. The SMILES string of the molecule is C=CCCc1ccc(C(=O)Oc2ccc(-c3ccc(CC/C=C/C)cc3)cc2F)cc1. The Kier molecular flexibility index (Phi) is 7.94. The number of hydrogen-bond acceptors (Lipinski definition) is 2. The highest BCUT2D eigenvalue weighted by molar-refractivity contribution is 5.91. The molecular weight excluding hydrogens is 387 g/mol. The molecule has 0 heterocycles. The summed E-state index contributed by atoms with van der Waals surface area (Å²) < 4.78 is 19.9. The summed E-state index contributed by atoms with van der Waals surface area (Å²) in [7, 11) is 0. The second-order valence-electron chi connectivity index (χ2n) is 7.36. The number of hydrogen-bond donors (Lipinski definition) is 0. The van der Waals surface area contributed by atoms with Crippen molar-refractivity contribution in [2.45, 2.75) is 32.6 Å². The lowest BCUT2D eigenvalue weighted by Crippen LogP contribution is -2.09. The predicted molar refractivity (Wildman–Crippen MR) is 125 cm³/mol. The van der Waals surface area contributed by atoms with Gasteiger partial charge in [0.1, 0.15) is 0 Å². The first-order valence-corrected chi connectivity index (χ1v) is 10.5. The molecule has 0 spiro atoms. The minimum absolute atomic E-state index is 0.0764. The number of aryl methyl sites for hydroxylation is 2. The minimum Gasteiger partial charge on any atom is -0.420 e. The molecule has 0 saturated heterocycles. The Morgan fingerprint density at radius 3 is 2.13 bits per heavy atom. The second kappa shape index (κ2) is 11.1. The predicted octanol–water partition coefficient (Wildman–Crippen LogP) is 7.34. The summed E-state index contributed by atoms with van der Waals surface area (Å²) in [5.74, 6) is -1.22. The second-order valence-corrected chi connectivity index (χ2v) is 7.36. The molecule has 3 aromatic carbocycles. The third kappa shape index (κ3) is 6.26. The van der Waals surface area contributed by atoms with Crippen LogP contribution in [0.25, 0.3) is 11.1 Å². The van der Waals surface area contributed by atoms with Crippen LogP contribution in [0.5, 0.6) is 5.75 Å². The maximum atomic E-state index is 14.6. The van der Waals surface area contributed by atoms with Gasteiger partial charge in [0.15, 0.2) is 11.6 Å². The summed E-state index contributed by atoms with van der Waals surface area (Å²) in [6.07, 6.45) is 9.76. The Labute approximate surface area is 183 Å². The van der Waals surface area contributed by atoms with E-state index in [1.54, 1.807) is 18.2 Å². The lowest BCUT2D eigenvalue weighted by molar-refractivity contribution is 0.0728. The van der Waals surface area contributed by atoms with Crippen molar-refractivity contribution in [3.8, 4) is 16.9 Å². The first kappa shape index (κ1) is 22.2. The van der Waals surface area contributed by atoms with E-state index in [4.69, 9.17) is 4.74 Å². The van der Waals surface area contributed by atoms with Crippen LogP contribution in [-0.4, -0.2) is 5.97 Å². The highest BCUT2D eigenvalue weighted by Gasteiger charge is 2.13. The van der Waals surface area contributed by atoms with E-state index in [1.165, 1.54) is 17.7 Å². The fourth-order valence-electron chi connectivity index (χ4n) is 3.28. The molecule has 0 fully saturated rings. The van der Waals surface area contributed by atoms with Crippen molar-refractivity contribution in [2.75, 3.05) is 0 Å². The summed E-state index contributed by atoms with van der Waals surface area (Å²) in [6, 6.07) is 19.9. The van der Waals surface area contributed by atoms with E-state index in [-0.39, 0.29) is 5.75 Å². The third-order valence-corrected chi connectivity index (χ3v) is 5.08. The van der Waals surface area contributed by atoms with Gasteiger partial charge >= 0.3 is 5.97 Å². The topological polar surface area (TPSA) is 26.3 Å². The molecule has 31 heavy (non-hydrogen) atoms. The molecule has 3 heteroatoms. The first-order valence-electron chi connectivity index (χ1n) is 10.5. The van der Waals surface area contributed by atoms with Crippen LogP contribution in [0.3, 0.4) is 0 Å². The van der Waals surface area contributed by atoms with E-state index in [0.717, 1.165) is 42.4 Å². The lowest BCUT2D eigenvalue weighted by Gasteiger charge is -2.09. The van der Waals surface area contributed by atoms with Gasteiger partial charge in [-0.3, -0.25) is 0 Å². The summed E-state index contributed by atoms with van der Waals surface area (Å²) in [6.45, 7) is 5.72. The van der Waals surface area contributed by atoms with Gasteiger partial charge in [-0.2, -0.15) is 0 Å². The van der Waals surface area contributed by atoms with Gasteiger partial charge in [0, 0.05) is 0 Å². The van der Waals surface area contributed by atoms with Gasteiger partial charge < -0.3 is 4.74 Å². The van der Waals surface area contributed by atoms with E-state index >= 15 is 0 Å². The monoisotopic (exact) mass is 414 g/mol. The van der Waals surface area contributed by atoms with Crippen molar-refractivity contribution in [1.29, 1.82) is 0 Å². The van der Waals surface area contributed by atoms with Crippen molar-refractivity contribution in [1.82, 2.24) is 0 Å². The molecule has 0 bridgehead atoms. The molecule has 0 N–H and O–H groups in total. The summed E-state index contributed by atoms with van der Waals surface area (Å²) in [5, 5.41) is 0. The number of benzene rings is 3. The molecule has 0 atom stereocenters. The molecule has 0 amide bonds. The quantitative estimate of drug-likeness (QED) is 0.208. The van der Waals surface area contributed by atoms with Crippen molar-refractivity contribution in [3.63, 3.8) is 0 Å². The van der Waals surface area contributed by atoms with Crippen LogP contribution in [0.15, 0.2) is 91.5 Å². The van der Waals surface area contributed by atoms with Gasteiger partial charge in [-0.15, -0.1) is 6.58 Å². The van der Waals surface area contributed by atoms with Gasteiger partial charge in [-0.25, -0.2) is 9.18 Å². The van der Waals surface area contributed by atoms with Crippen molar-refractivity contribution in [3.05, 3.63) is 114 Å². The standard InChI is InChI=1S/C28H27FO2/c1-3-5-7-9-22-10-14-23(15-11-22)25-18-19-27(26(29)20-25)31-28(30)24-16-12-21(13-17-24)8-6-4-2/h3-5,10-20H,2,6-9H2,1H3/b5-3+. The lowest BCUT2D eigenvalue weighted by atomic mass is 10.0. The van der Waals surface area contributed by atoms with E-state index < -0.39 is 11.8 Å². The fourth-order valence-corrected chi connectivity index (χ4v) is 3.28. The number of carbonyl (C=O) groups excluding carboxylic acids is 1. The number of halogens is 1. The molecule has 0 unspecified atom stereocenters. The van der Waals surface area contributed by atoms with Gasteiger partial charge in [-0.1, -0.05) is 60.7 Å². The average Bonchev–Trinajstić information content (AvgIpc) is 2.80. The molecule has 0 aliphatic rings. The maximum Gasteiger partial charge on any atom is 0.343 e. The van der Waals surface area contributed by atoms with Crippen molar-refractivity contribution in [2.24, 2.45) is 0 Å². The summed E-state index contributed by atoms with van der Waals surface area (Å²) in [4.78, 5) is 12.4. The highest BCUT2D eigenvalue weighted by Crippen LogP contribution is 2.27. The maximum absolute atomic E-state index is 14.6. The number of esters is 1. The zero-order valence-corrected chi connectivity index (χ0v) is 17.8. The molecule has 0 aromatic heterocycles. The van der Waals surface area contributed by atoms with Gasteiger partial charge in [0.05, 0.1) is 5.56 Å². The van der Waals surface area contributed by atoms with Crippen LogP contribution < -0.4 is 4.74 Å². The molecule has 0 aliphatic heterocycles. The van der Waals surface area contributed by atoms with Crippen LogP contribution in [0.4, 0.5) is 4.39 Å². The number of allylic oxidation sites excluding steroid dienone is 3. The molecule has 2 nitrogen and oxygen atoms in total. The molecule has 158 valence electrons. The highest BCUT2D eigenvalue weighted by atomic mass is 19.1. The molecule has 0 saturated carbocycles. The van der Waals surface area contributed by atoms with E-state index in [1.807, 2.05) is 43.3 Å². The van der Waals surface area contributed by atoms with Crippen LogP contribution in [0.1, 0.15) is 41.3 Å². The van der Waals surface area contributed by atoms with Crippen LogP contribution in [0.2, 0.25) is 0 Å². The molecule has 0 aliphatic carbocycles. The Balaban J connectivity index is 1.66. The molecule has 3 aromatic rings. The number of rotatable bonds is 9. The molecular formula is C28H27FO2. The normalized spacial score (nSPS) is 10.9. The van der Waals surface area contributed by atoms with E-state index in [9.17, 15) is 9.18 Å². The Hall–Kier alpha value is -3.46. The van der Waals surface area contributed by atoms with Gasteiger partial charge in [-0.05, 0) is 79.1 Å². The van der Waals surface area contributed by atoms with Gasteiger partial charge in [0.25, 0.3) is 0 Å². The Morgan fingerprint density at radius 1 is 0.903 bits per heavy atom. The minimum atomic E-state index is -0.576. The molecule has 0 radical (unpaired) electrons. The van der Waals surface area contributed by atoms with E-state index in [0.29, 0.717) is 5.56 Å². The zero-order chi connectivity index (χ0) is 22.1. The van der Waals surface area contributed by atoms with Crippen LogP contribution in [0, 0.1) is 5.82 Å². The Morgan fingerprint density at radius 2 is 1.52 bits per heavy atom. The van der Waals surface area contributed by atoms with Crippen molar-refractivity contribution >= 4 is 5.97 Å². The first-order chi connectivity index (χ1) is 15.1. The Bertz CT molecular complexity index is 1050. The average molecular weight is 415 g/mol. The largest absolute Gasteiger partial charge is 0.420 e. The van der Waals surface area contributed by atoms with E-state index in [2.05, 4.69) is 24.8 Å². The smallest absolute Gasteiger partial charge is 0.343 e. The van der Waals surface area contributed by atoms with Crippen LogP contribution >= 0.6 is 0 Å². The summed E-state index contributed by atoms with van der Waals surface area (Å²) >= 11 is 0. The van der Waals surface area contributed by atoms with Gasteiger partial charge in [0.2, 0.25) is 0 Å². The van der Waals surface area contributed by atoms with Crippen molar-refractivity contribution < 1.29 is 13.9 Å².